The van der Waals surface area contributed by atoms with Crippen LogP contribution in [0.15, 0.2) is 18.2 Å². The van der Waals surface area contributed by atoms with E-state index in [2.05, 4.69) is 0 Å². The van der Waals surface area contributed by atoms with Crippen LogP contribution in [-0.2, 0) is 4.79 Å². The van der Waals surface area contributed by atoms with Gasteiger partial charge in [-0.3, -0.25) is 4.79 Å². The second kappa shape index (κ2) is 8.48. The van der Waals surface area contributed by atoms with Crippen molar-refractivity contribution in [2.24, 2.45) is 0 Å². The SMILES string of the molecule is COc1ccc(O[C@@H]2CCN(C(=O)CCC(F)(F)F)C[C@H]2O)cc1OC. The first-order valence-electron chi connectivity index (χ1n) is 8.14. The molecule has 1 aromatic carbocycles. The Kier molecular flexibility index (Phi) is 6.57. The number of hydrogen-bond donors (Lipinski definition) is 1. The second-order valence-electron chi connectivity index (χ2n) is 5.98. The molecule has 1 aliphatic heterocycles. The van der Waals surface area contributed by atoms with E-state index in [1.165, 1.54) is 19.1 Å². The number of carbonyl (C=O) groups is 1. The van der Waals surface area contributed by atoms with Crippen molar-refractivity contribution in [3.63, 3.8) is 0 Å². The maximum atomic E-state index is 12.2. The molecule has 1 N–H and O–H groups in total. The van der Waals surface area contributed by atoms with Gasteiger partial charge in [-0.2, -0.15) is 13.2 Å². The topological polar surface area (TPSA) is 68.2 Å². The molecule has 0 saturated carbocycles. The number of rotatable bonds is 6. The van der Waals surface area contributed by atoms with Crippen LogP contribution < -0.4 is 14.2 Å². The van der Waals surface area contributed by atoms with E-state index in [4.69, 9.17) is 14.2 Å². The van der Waals surface area contributed by atoms with Crippen LogP contribution in [0, 0.1) is 0 Å². The average molecular weight is 377 g/mol. The predicted octanol–water partition coefficient (Wildman–Crippen LogP) is 2.39. The normalized spacial score (nSPS) is 20.6. The Morgan fingerprint density at radius 3 is 2.54 bits per heavy atom. The third kappa shape index (κ3) is 5.42. The van der Waals surface area contributed by atoms with Crippen LogP contribution in [0.4, 0.5) is 13.2 Å². The molecular formula is C17H22F3NO5. The minimum atomic E-state index is -4.37. The minimum Gasteiger partial charge on any atom is -0.493 e. The molecule has 0 unspecified atom stereocenters. The number of β-amino-alcohol motifs (C(OH)–C–C–N with tert-alkyl or cyclic N) is 1. The lowest BCUT2D eigenvalue weighted by Crippen LogP contribution is -2.51. The van der Waals surface area contributed by atoms with E-state index < -0.39 is 37.1 Å². The second-order valence-corrected chi connectivity index (χ2v) is 5.98. The van der Waals surface area contributed by atoms with Crippen LogP contribution in [-0.4, -0.2) is 61.6 Å². The number of methoxy groups -OCH3 is 2. The highest BCUT2D eigenvalue weighted by molar-refractivity contribution is 5.76. The zero-order chi connectivity index (χ0) is 19.3. The lowest BCUT2D eigenvalue weighted by atomic mass is 10.0. The number of piperidine rings is 1. The number of halogens is 3. The van der Waals surface area contributed by atoms with Crippen molar-refractivity contribution in [3.8, 4) is 17.2 Å². The van der Waals surface area contributed by atoms with Crippen LogP contribution in [0.3, 0.4) is 0 Å². The van der Waals surface area contributed by atoms with Crippen molar-refractivity contribution in [2.75, 3.05) is 27.3 Å². The zero-order valence-electron chi connectivity index (χ0n) is 14.6. The fraction of sp³-hybridized carbons (Fsp3) is 0.588. The van der Waals surface area contributed by atoms with Gasteiger partial charge >= 0.3 is 6.18 Å². The number of aliphatic hydroxyl groups is 1. The summed E-state index contributed by atoms with van der Waals surface area (Å²) in [6.45, 7) is 0.167. The molecule has 26 heavy (non-hydrogen) atoms. The highest BCUT2D eigenvalue weighted by atomic mass is 19.4. The lowest BCUT2D eigenvalue weighted by molar-refractivity contribution is -0.152. The van der Waals surface area contributed by atoms with Gasteiger partial charge in [0.25, 0.3) is 0 Å². The van der Waals surface area contributed by atoms with Gasteiger partial charge in [0.15, 0.2) is 11.5 Å². The molecule has 0 bridgehead atoms. The van der Waals surface area contributed by atoms with Gasteiger partial charge in [0.05, 0.1) is 27.2 Å². The van der Waals surface area contributed by atoms with E-state index in [1.54, 1.807) is 18.2 Å². The summed E-state index contributed by atoms with van der Waals surface area (Å²) in [6, 6.07) is 4.94. The molecule has 1 aromatic rings. The van der Waals surface area contributed by atoms with Crippen molar-refractivity contribution < 1.29 is 37.3 Å². The first kappa shape index (κ1) is 20.2. The molecular weight excluding hydrogens is 355 g/mol. The smallest absolute Gasteiger partial charge is 0.389 e. The number of aliphatic hydroxyl groups excluding tert-OH is 1. The maximum absolute atomic E-state index is 12.2. The van der Waals surface area contributed by atoms with Gasteiger partial charge in [-0.05, 0) is 12.1 Å². The molecule has 9 heteroatoms. The number of ether oxygens (including phenoxy) is 3. The van der Waals surface area contributed by atoms with Gasteiger partial charge in [0, 0.05) is 25.5 Å². The van der Waals surface area contributed by atoms with Crippen molar-refractivity contribution in [2.45, 2.75) is 37.6 Å². The molecule has 0 radical (unpaired) electrons. The van der Waals surface area contributed by atoms with E-state index in [0.717, 1.165) is 0 Å². The van der Waals surface area contributed by atoms with Crippen LogP contribution >= 0.6 is 0 Å². The Hall–Kier alpha value is -2.16. The summed E-state index contributed by atoms with van der Waals surface area (Å²) in [4.78, 5) is 13.1. The van der Waals surface area contributed by atoms with E-state index in [1.807, 2.05) is 0 Å². The maximum Gasteiger partial charge on any atom is 0.389 e. The molecule has 1 heterocycles. The quantitative estimate of drug-likeness (QED) is 0.825. The summed E-state index contributed by atoms with van der Waals surface area (Å²) in [7, 11) is 3.00. The van der Waals surface area contributed by atoms with Crippen LogP contribution in [0.1, 0.15) is 19.3 Å². The number of nitrogens with zero attached hydrogens (tertiary/aromatic N) is 1. The molecule has 0 aromatic heterocycles. The van der Waals surface area contributed by atoms with Crippen molar-refractivity contribution in [1.82, 2.24) is 4.90 Å². The van der Waals surface area contributed by atoms with E-state index in [9.17, 15) is 23.1 Å². The van der Waals surface area contributed by atoms with Crippen LogP contribution in [0.2, 0.25) is 0 Å². The fourth-order valence-electron chi connectivity index (χ4n) is 2.75. The summed E-state index contributed by atoms with van der Waals surface area (Å²) >= 11 is 0. The van der Waals surface area contributed by atoms with E-state index >= 15 is 0 Å². The Morgan fingerprint density at radius 1 is 1.27 bits per heavy atom. The summed E-state index contributed by atoms with van der Waals surface area (Å²) < 4.78 is 52.7. The number of hydrogen-bond acceptors (Lipinski definition) is 5. The van der Waals surface area contributed by atoms with Crippen LogP contribution in [0.5, 0.6) is 17.2 Å². The van der Waals surface area contributed by atoms with Crippen LogP contribution in [0.25, 0.3) is 0 Å². The summed E-state index contributed by atoms with van der Waals surface area (Å²) in [5, 5.41) is 10.2. The summed E-state index contributed by atoms with van der Waals surface area (Å²) in [5.74, 6) is 0.847. The fourth-order valence-corrected chi connectivity index (χ4v) is 2.75. The van der Waals surface area contributed by atoms with Gasteiger partial charge in [-0.15, -0.1) is 0 Å². The molecule has 1 aliphatic rings. The molecule has 0 spiro atoms. The van der Waals surface area contributed by atoms with Gasteiger partial charge in [0.2, 0.25) is 5.91 Å². The predicted molar refractivity (Wildman–Crippen MR) is 86.5 cm³/mol. The highest BCUT2D eigenvalue weighted by Crippen LogP contribution is 2.32. The molecule has 1 fully saturated rings. The lowest BCUT2D eigenvalue weighted by Gasteiger charge is -2.36. The third-order valence-corrected chi connectivity index (χ3v) is 4.14. The first-order chi connectivity index (χ1) is 12.2. The van der Waals surface area contributed by atoms with Gasteiger partial charge < -0.3 is 24.2 Å². The van der Waals surface area contributed by atoms with Crippen molar-refractivity contribution in [3.05, 3.63) is 18.2 Å². The molecule has 146 valence electrons. The van der Waals surface area contributed by atoms with Gasteiger partial charge in [-0.25, -0.2) is 0 Å². The van der Waals surface area contributed by atoms with Crippen molar-refractivity contribution >= 4 is 5.91 Å². The monoisotopic (exact) mass is 377 g/mol. The largest absolute Gasteiger partial charge is 0.493 e. The number of alkyl halides is 3. The van der Waals surface area contributed by atoms with Gasteiger partial charge in [-0.1, -0.05) is 0 Å². The molecule has 1 amide bonds. The molecule has 2 atom stereocenters. The highest BCUT2D eigenvalue weighted by Gasteiger charge is 2.34. The Balaban J connectivity index is 1.92. The molecule has 2 rings (SSSR count). The first-order valence-corrected chi connectivity index (χ1v) is 8.14. The number of likely N-dealkylation sites (tertiary alicyclic amines) is 1. The minimum absolute atomic E-state index is 0.0609. The number of carbonyl (C=O) groups excluding carboxylic acids is 1. The zero-order valence-corrected chi connectivity index (χ0v) is 14.6. The van der Waals surface area contributed by atoms with Crippen molar-refractivity contribution in [1.29, 1.82) is 0 Å². The Bertz CT molecular complexity index is 623. The molecule has 0 aliphatic carbocycles. The summed E-state index contributed by atoms with van der Waals surface area (Å²) in [6.07, 6.45) is -7.40. The van der Waals surface area contributed by atoms with E-state index in [-0.39, 0.29) is 13.1 Å². The number of amides is 1. The Morgan fingerprint density at radius 2 is 1.96 bits per heavy atom. The summed E-state index contributed by atoms with van der Waals surface area (Å²) in [5.41, 5.74) is 0. The Labute approximate surface area is 149 Å². The van der Waals surface area contributed by atoms with E-state index in [0.29, 0.717) is 23.7 Å². The number of benzene rings is 1. The molecule has 1 saturated heterocycles. The molecule has 6 nitrogen and oxygen atoms in total. The van der Waals surface area contributed by atoms with Gasteiger partial charge in [0.1, 0.15) is 18.0 Å². The average Bonchev–Trinajstić information content (AvgIpc) is 2.60. The standard InChI is InChI=1S/C17H22F3NO5/c1-24-14-4-3-11(9-15(14)25-2)26-13-6-8-21(10-12(13)22)16(23)5-7-17(18,19)20/h3-4,9,12-13,22H,5-8,10H2,1-2H3/t12-,13-/m1/s1. The third-order valence-electron chi connectivity index (χ3n) is 4.14.